The first kappa shape index (κ1) is 14.5. The molecule has 1 aliphatic rings. The van der Waals surface area contributed by atoms with Crippen LogP contribution in [0.3, 0.4) is 0 Å². The Balaban J connectivity index is 2.13. The molecule has 1 aromatic rings. The second kappa shape index (κ2) is 6.05. The van der Waals surface area contributed by atoms with Gasteiger partial charge in [0, 0.05) is 31.9 Å². The molecule has 0 radical (unpaired) electrons. The van der Waals surface area contributed by atoms with Crippen LogP contribution in [-0.4, -0.2) is 46.2 Å². The molecule has 0 aromatic heterocycles. The summed E-state index contributed by atoms with van der Waals surface area (Å²) in [4.78, 5) is 24.7. The number of aliphatic carboxylic acids is 1. The van der Waals surface area contributed by atoms with Gasteiger partial charge in [-0.15, -0.1) is 0 Å². The summed E-state index contributed by atoms with van der Waals surface area (Å²) in [5, 5.41) is 18.5. The summed E-state index contributed by atoms with van der Waals surface area (Å²) in [5.41, 5.74) is 2.00. The number of hydrogen-bond donors (Lipinski definition) is 2. The Hall–Kier alpha value is -1.88. The number of carbonyl (C=O) groups excluding carboxylic acids is 1. The van der Waals surface area contributed by atoms with Crippen molar-refractivity contribution in [2.24, 2.45) is 5.92 Å². The number of aliphatic hydroxyl groups excluding tert-OH is 1. The molecule has 5 heteroatoms. The Kier molecular flexibility index (Phi) is 4.39. The van der Waals surface area contributed by atoms with Crippen LogP contribution >= 0.6 is 0 Å². The second-order valence-electron chi connectivity index (χ2n) is 5.34. The van der Waals surface area contributed by atoms with Crippen molar-refractivity contribution in [1.29, 1.82) is 0 Å². The van der Waals surface area contributed by atoms with Crippen LogP contribution in [0.2, 0.25) is 0 Å². The summed E-state index contributed by atoms with van der Waals surface area (Å²) in [7, 11) is 0. The minimum absolute atomic E-state index is 0.0842. The van der Waals surface area contributed by atoms with Crippen LogP contribution in [0.15, 0.2) is 24.3 Å². The number of likely N-dealkylation sites (tertiary alicyclic amines) is 1. The number of aryl methyl sites for hydroxylation is 1. The maximum absolute atomic E-state index is 11.9. The van der Waals surface area contributed by atoms with E-state index in [9.17, 15) is 14.7 Å². The predicted octanol–water partition coefficient (Wildman–Crippen LogP) is 0.832. The number of carboxylic acids is 1. The molecule has 5 nitrogen and oxygen atoms in total. The van der Waals surface area contributed by atoms with Crippen molar-refractivity contribution in [3.05, 3.63) is 35.4 Å². The third kappa shape index (κ3) is 3.17. The SMILES string of the molecule is Cc1ccc(C[C@@H](C(=O)O)N2CC(CO)CC2=O)cc1. The normalized spacial score (nSPS) is 20.2. The number of carbonyl (C=O) groups is 2. The number of aliphatic hydroxyl groups is 1. The minimum Gasteiger partial charge on any atom is -0.480 e. The molecule has 1 fully saturated rings. The molecule has 1 amide bonds. The zero-order valence-corrected chi connectivity index (χ0v) is 11.5. The van der Waals surface area contributed by atoms with Crippen molar-refractivity contribution in [1.82, 2.24) is 4.90 Å². The molecule has 0 spiro atoms. The Morgan fingerprint density at radius 3 is 2.55 bits per heavy atom. The van der Waals surface area contributed by atoms with Gasteiger partial charge < -0.3 is 15.1 Å². The Bertz CT molecular complexity index is 497. The molecule has 0 saturated carbocycles. The number of benzene rings is 1. The summed E-state index contributed by atoms with van der Waals surface area (Å²) < 4.78 is 0. The highest BCUT2D eigenvalue weighted by Crippen LogP contribution is 2.22. The standard InChI is InChI=1S/C15H19NO4/c1-10-2-4-11(5-3-10)6-13(15(19)20)16-8-12(9-17)7-14(16)18/h2-5,12-13,17H,6-9H2,1H3,(H,19,20)/t12?,13-/m0/s1. The van der Waals surface area contributed by atoms with E-state index in [0.29, 0.717) is 13.0 Å². The van der Waals surface area contributed by atoms with Crippen LogP contribution in [0, 0.1) is 12.8 Å². The quantitative estimate of drug-likeness (QED) is 0.835. The van der Waals surface area contributed by atoms with Gasteiger partial charge in [-0.2, -0.15) is 0 Å². The first-order valence-electron chi connectivity index (χ1n) is 6.70. The monoisotopic (exact) mass is 277 g/mol. The van der Waals surface area contributed by atoms with Crippen LogP contribution < -0.4 is 0 Å². The lowest BCUT2D eigenvalue weighted by Crippen LogP contribution is -2.43. The summed E-state index contributed by atoms with van der Waals surface area (Å²) in [5.74, 6) is -1.34. The van der Waals surface area contributed by atoms with Crippen molar-refractivity contribution in [2.75, 3.05) is 13.2 Å². The third-order valence-electron chi connectivity index (χ3n) is 3.71. The van der Waals surface area contributed by atoms with E-state index in [4.69, 9.17) is 5.11 Å². The lowest BCUT2D eigenvalue weighted by molar-refractivity contribution is -0.148. The zero-order valence-electron chi connectivity index (χ0n) is 11.5. The van der Waals surface area contributed by atoms with Crippen LogP contribution in [0.4, 0.5) is 0 Å². The molecule has 2 atom stereocenters. The van der Waals surface area contributed by atoms with Crippen molar-refractivity contribution < 1.29 is 19.8 Å². The van der Waals surface area contributed by atoms with Gasteiger partial charge in [-0.25, -0.2) is 4.79 Å². The zero-order chi connectivity index (χ0) is 14.7. The van der Waals surface area contributed by atoms with Crippen molar-refractivity contribution in [2.45, 2.75) is 25.8 Å². The highest BCUT2D eigenvalue weighted by molar-refractivity contribution is 5.85. The smallest absolute Gasteiger partial charge is 0.326 e. The van der Waals surface area contributed by atoms with Gasteiger partial charge in [0.1, 0.15) is 6.04 Å². The van der Waals surface area contributed by atoms with Crippen LogP contribution in [0.25, 0.3) is 0 Å². The van der Waals surface area contributed by atoms with Gasteiger partial charge in [0.05, 0.1) is 0 Å². The first-order chi connectivity index (χ1) is 9.51. The number of hydrogen-bond acceptors (Lipinski definition) is 3. The maximum atomic E-state index is 11.9. The van der Waals surface area contributed by atoms with Crippen LogP contribution in [0.5, 0.6) is 0 Å². The molecule has 2 rings (SSSR count). The summed E-state index contributed by atoms with van der Waals surface area (Å²) in [6, 6.07) is 6.76. The Labute approximate surface area is 117 Å². The average molecular weight is 277 g/mol. The lowest BCUT2D eigenvalue weighted by atomic mass is 10.0. The van der Waals surface area contributed by atoms with E-state index in [0.717, 1.165) is 11.1 Å². The molecule has 20 heavy (non-hydrogen) atoms. The topological polar surface area (TPSA) is 77.8 Å². The van der Waals surface area contributed by atoms with E-state index in [1.807, 2.05) is 31.2 Å². The number of rotatable bonds is 5. The molecule has 1 heterocycles. The second-order valence-corrected chi connectivity index (χ2v) is 5.34. The van der Waals surface area contributed by atoms with Gasteiger partial charge in [0.2, 0.25) is 5.91 Å². The number of nitrogens with zero attached hydrogens (tertiary/aromatic N) is 1. The first-order valence-corrected chi connectivity index (χ1v) is 6.70. The van der Waals surface area contributed by atoms with E-state index in [1.54, 1.807) is 0 Å². The Morgan fingerprint density at radius 1 is 1.40 bits per heavy atom. The van der Waals surface area contributed by atoms with Crippen LogP contribution in [0.1, 0.15) is 17.5 Å². The number of amides is 1. The maximum Gasteiger partial charge on any atom is 0.326 e. The Morgan fingerprint density at radius 2 is 2.05 bits per heavy atom. The molecule has 1 aromatic carbocycles. The molecular formula is C15H19NO4. The predicted molar refractivity (Wildman–Crippen MR) is 73.2 cm³/mol. The molecule has 0 bridgehead atoms. The van der Waals surface area contributed by atoms with E-state index in [-0.39, 0.29) is 24.9 Å². The fourth-order valence-electron chi connectivity index (χ4n) is 2.51. The number of carboxylic acid groups (broad SMARTS) is 1. The third-order valence-corrected chi connectivity index (χ3v) is 3.71. The van der Waals surface area contributed by atoms with Gasteiger partial charge >= 0.3 is 5.97 Å². The fourth-order valence-corrected chi connectivity index (χ4v) is 2.51. The van der Waals surface area contributed by atoms with Gasteiger partial charge in [0.15, 0.2) is 0 Å². The van der Waals surface area contributed by atoms with E-state index < -0.39 is 12.0 Å². The van der Waals surface area contributed by atoms with Crippen molar-refractivity contribution in [3.8, 4) is 0 Å². The average Bonchev–Trinajstić information content (AvgIpc) is 2.79. The lowest BCUT2D eigenvalue weighted by Gasteiger charge is -2.24. The van der Waals surface area contributed by atoms with Gasteiger partial charge in [-0.1, -0.05) is 29.8 Å². The van der Waals surface area contributed by atoms with E-state index in [1.165, 1.54) is 4.90 Å². The van der Waals surface area contributed by atoms with Gasteiger partial charge in [0.25, 0.3) is 0 Å². The highest BCUT2D eigenvalue weighted by atomic mass is 16.4. The summed E-state index contributed by atoms with van der Waals surface area (Å²) in [6.07, 6.45) is 0.522. The molecule has 1 saturated heterocycles. The molecule has 108 valence electrons. The molecular weight excluding hydrogens is 258 g/mol. The van der Waals surface area contributed by atoms with Crippen molar-refractivity contribution in [3.63, 3.8) is 0 Å². The highest BCUT2D eigenvalue weighted by Gasteiger charge is 2.37. The largest absolute Gasteiger partial charge is 0.480 e. The molecule has 2 N–H and O–H groups in total. The minimum atomic E-state index is -1.00. The van der Waals surface area contributed by atoms with Crippen LogP contribution in [-0.2, 0) is 16.0 Å². The molecule has 0 aliphatic carbocycles. The molecule has 1 unspecified atom stereocenters. The van der Waals surface area contributed by atoms with Gasteiger partial charge in [-0.3, -0.25) is 4.79 Å². The van der Waals surface area contributed by atoms with E-state index >= 15 is 0 Å². The summed E-state index contributed by atoms with van der Waals surface area (Å²) in [6.45, 7) is 2.20. The summed E-state index contributed by atoms with van der Waals surface area (Å²) >= 11 is 0. The van der Waals surface area contributed by atoms with E-state index in [2.05, 4.69) is 0 Å². The molecule has 1 aliphatic heterocycles. The van der Waals surface area contributed by atoms with Gasteiger partial charge in [-0.05, 0) is 12.5 Å². The fraction of sp³-hybridized carbons (Fsp3) is 0.467. The van der Waals surface area contributed by atoms with Crippen molar-refractivity contribution >= 4 is 11.9 Å².